The van der Waals surface area contributed by atoms with Gasteiger partial charge in [0.25, 0.3) is 5.91 Å². The van der Waals surface area contributed by atoms with E-state index in [4.69, 9.17) is 11.6 Å². The SMILES string of the molecule is O=C(NCc1ccc(-n2cccn2)cc1)c1cnn(-c2ccc(Cl)cc2)c1. The van der Waals surface area contributed by atoms with E-state index in [0.717, 1.165) is 16.9 Å². The number of nitrogens with one attached hydrogen (secondary N) is 1. The zero-order valence-corrected chi connectivity index (χ0v) is 15.0. The van der Waals surface area contributed by atoms with Crippen LogP contribution < -0.4 is 5.32 Å². The largest absolute Gasteiger partial charge is 0.348 e. The van der Waals surface area contributed by atoms with Crippen LogP contribution in [0.4, 0.5) is 0 Å². The van der Waals surface area contributed by atoms with Crippen molar-refractivity contribution >= 4 is 17.5 Å². The molecule has 4 aromatic rings. The number of hydrogen-bond donors (Lipinski definition) is 1. The number of nitrogens with zero attached hydrogens (tertiary/aromatic N) is 4. The Morgan fingerprint density at radius 3 is 2.37 bits per heavy atom. The zero-order valence-electron chi connectivity index (χ0n) is 14.3. The molecule has 1 N–H and O–H groups in total. The van der Waals surface area contributed by atoms with E-state index in [-0.39, 0.29) is 5.91 Å². The molecule has 0 fully saturated rings. The van der Waals surface area contributed by atoms with Crippen molar-refractivity contribution in [2.75, 3.05) is 0 Å². The standard InChI is InChI=1S/C20H16ClN5O/c21-17-4-8-19(9-5-17)26-14-16(13-24-26)20(27)22-12-15-2-6-18(7-3-15)25-11-1-10-23-25/h1-11,13-14H,12H2,(H,22,27). The highest BCUT2D eigenvalue weighted by molar-refractivity contribution is 6.30. The molecule has 0 unspecified atom stereocenters. The molecule has 0 aliphatic rings. The lowest BCUT2D eigenvalue weighted by atomic mass is 10.2. The Bertz CT molecular complexity index is 1040. The Morgan fingerprint density at radius 1 is 0.963 bits per heavy atom. The molecule has 0 atom stereocenters. The van der Waals surface area contributed by atoms with Crippen LogP contribution in [-0.4, -0.2) is 25.5 Å². The zero-order chi connectivity index (χ0) is 18.6. The molecular formula is C20H16ClN5O. The lowest BCUT2D eigenvalue weighted by molar-refractivity contribution is 0.0951. The number of carbonyl (C=O) groups excluding carboxylic acids is 1. The number of halogens is 1. The monoisotopic (exact) mass is 377 g/mol. The molecule has 0 bridgehead atoms. The molecule has 0 spiro atoms. The second-order valence-corrected chi connectivity index (χ2v) is 6.39. The summed E-state index contributed by atoms with van der Waals surface area (Å²) in [7, 11) is 0. The molecule has 2 heterocycles. The van der Waals surface area contributed by atoms with Gasteiger partial charge in [0.1, 0.15) is 0 Å². The van der Waals surface area contributed by atoms with E-state index in [9.17, 15) is 4.79 Å². The molecule has 27 heavy (non-hydrogen) atoms. The van der Waals surface area contributed by atoms with Crippen LogP contribution in [-0.2, 0) is 6.54 Å². The van der Waals surface area contributed by atoms with E-state index in [1.54, 1.807) is 40.1 Å². The molecule has 0 saturated carbocycles. The Morgan fingerprint density at radius 2 is 1.67 bits per heavy atom. The fourth-order valence-electron chi connectivity index (χ4n) is 2.65. The number of hydrogen-bond acceptors (Lipinski definition) is 3. The summed E-state index contributed by atoms with van der Waals surface area (Å²) in [6.45, 7) is 0.435. The van der Waals surface area contributed by atoms with E-state index >= 15 is 0 Å². The van der Waals surface area contributed by atoms with Crippen LogP contribution in [0.25, 0.3) is 11.4 Å². The van der Waals surface area contributed by atoms with E-state index < -0.39 is 0 Å². The van der Waals surface area contributed by atoms with Crippen LogP contribution in [0.2, 0.25) is 5.02 Å². The molecule has 0 saturated heterocycles. The third kappa shape index (κ3) is 3.91. The van der Waals surface area contributed by atoms with Crippen molar-refractivity contribution in [3.63, 3.8) is 0 Å². The van der Waals surface area contributed by atoms with Gasteiger partial charge in [0.2, 0.25) is 0 Å². The summed E-state index contributed by atoms with van der Waals surface area (Å²) in [5.41, 5.74) is 3.31. The van der Waals surface area contributed by atoms with Crippen LogP contribution in [0, 0.1) is 0 Å². The smallest absolute Gasteiger partial charge is 0.254 e. The van der Waals surface area contributed by atoms with Gasteiger partial charge in [-0.15, -0.1) is 0 Å². The molecular weight excluding hydrogens is 362 g/mol. The van der Waals surface area contributed by atoms with E-state index in [1.165, 1.54) is 0 Å². The first kappa shape index (κ1) is 17.1. The molecule has 7 heteroatoms. The van der Waals surface area contributed by atoms with Gasteiger partial charge in [0, 0.05) is 30.2 Å². The van der Waals surface area contributed by atoms with Crippen LogP contribution in [0.15, 0.2) is 79.4 Å². The van der Waals surface area contributed by atoms with E-state index in [1.807, 2.05) is 48.7 Å². The average Bonchev–Trinajstić information content (AvgIpc) is 3.39. The maximum Gasteiger partial charge on any atom is 0.254 e. The minimum Gasteiger partial charge on any atom is -0.348 e. The lowest BCUT2D eigenvalue weighted by Gasteiger charge is -2.06. The van der Waals surface area contributed by atoms with Crippen molar-refractivity contribution in [3.05, 3.63) is 95.5 Å². The number of aromatic nitrogens is 4. The lowest BCUT2D eigenvalue weighted by Crippen LogP contribution is -2.22. The van der Waals surface area contributed by atoms with Crippen LogP contribution in [0.3, 0.4) is 0 Å². The Balaban J connectivity index is 1.39. The van der Waals surface area contributed by atoms with Crippen molar-refractivity contribution in [2.45, 2.75) is 6.54 Å². The average molecular weight is 378 g/mol. The second kappa shape index (κ2) is 7.47. The summed E-state index contributed by atoms with van der Waals surface area (Å²) in [6.07, 6.45) is 6.86. The third-order valence-corrected chi connectivity index (χ3v) is 4.35. The molecule has 6 nitrogen and oxygen atoms in total. The Labute approximate surface area is 161 Å². The van der Waals surface area contributed by atoms with Crippen molar-refractivity contribution < 1.29 is 4.79 Å². The Hall–Kier alpha value is -3.38. The number of rotatable bonds is 5. The first-order valence-electron chi connectivity index (χ1n) is 8.37. The highest BCUT2D eigenvalue weighted by Crippen LogP contribution is 2.14. The predicted molar refractivity (Wildman–Crippen MR) is 103 cm³/mol. The molecule has 0 aliphatic heterocycles. The van der Waals surface area contributed by atoms with Crippen molar-refractivity contribution in [3.8, 4) is 11.4 Å². The van der Waals surface area contributed by atoms with Crippen molar-refractivity contribution in [2.24, 2.45) is 0 Å². The van der Waals surface area contributed by atoms with Gasteiger partial charge in [0.05, 0.1) is 23.1 Å². The van der Waals surface area contributed by atoms with Crippen LogP contribution in [0.5, 0.6) is 0 Å². The summed E-state index contributed by atoms with van der Waals surface area (Å²) >= 11 is 5.89. The van der Waals surface area contributed by atoms with Gasteiger partial charge in [-0.2, -0.15) is 10.2 Å². The number of benzene rings is 2. The molecule has 1 amide bonds. The van der Waals surface area contributed by atoms with Gasteiger partial charge in [-0.25, -0.2) is 9.36 Å². The van der Waals surface area contributed by atoms with Crippen LogP contribution in [0.1, 0.15) is 15.9 Å². The fourth-order valence-corrected chi connectivity index (χ4v) is 2.77. The summed E-state index contributed by atoms with van der Waals surface area (Å²) in [5, 5.41) is 12.0. The molecule has 0 aliphatic carbocycles. The first-order valence-corrected chi connectivity index (χ1v) is 8.74. The summed E-state index contributed by atoms with van der Waals surface area (Å²) in [6, 6.07) is 17.0. The predicted octanol–water partition coefficient (Wildman–Crippen LogP) is 3.64. The third-order valence-electron chi connectivity index (χ3n) is 4.09. The van der Waals surface area contributed by atoms with Gasteiger partial charge < -0.3 is 5.32 Å². The fraction of sp³-hybridized carbons (Fsp3) is 0.0500. The maximum atomic E-state index is 12.4. The number of amides is 1. The summed E-state index contributed by atoms with van der Waals surface area (Å²) in [4.78, 5) is 12.4. The molecule has 2 aromatic carbocycles. The van der Waals surface area contributed by atoms with Crippen molar-refractivity contribution in [1.82, 2.24) is 24.9 Å². The highest BCUT2D eigenvalue weighted by Gasteiger charge is 2.09. The second-order valence-electron chi connectivity index (χ2n) is 5.95. The van der Waals surface area contributed by atoms with E-state index in [0.29, 0.717) is 17.1 Å². The molecule has 0 radical (unpaired) electrons. The first-order chi connectivity index (χ1) is 13.2. The van der Waals surface area contributed by atoms with Gasteiger partial charge >= 0.3 is 0 Å². The molecule has 2 aromatic heterocycles. The minimum absolute atomic E-state index is 0.175. The Kier molecular flexibility index (Phi) is 4.72. The molecule has 4 rings (SSSR count). The number of carbonyl (C=O) groups is 1. The van der Waals surface area contributed by atoms with Crippen LogP contribution >= 0.6 is 11.6 Å². The summed E-state index contributed by atoms with van der Waals surface area (Å²) in [5.74, 6) is -0.175. The maximum absolute atomic E-state index is 12.4. The van der Waals surface area contributed by atoms with Gasteiger partial charge in [0.15, 0.2) is 0 Å². The van der Waals surface area contributed by atoms with Gasteiger partial charge in [-0.05, 0) is 48.0 Å². The van der Waals surface area contributed by atoms with Gasteiger partial charge in [-0.3, -0.25) is 4.79 Å². The topological polar surface area (TPSA) is 64.7 Å². The minimum atomic E-state index is -0.175. The van der Waals surface area contributed by atoms with Gasteiger partial charge in [-0.1, -0.05) is 23.7 Å². The highest BCUT2D eigenvalue weighted by atomic mass is 35.5. The normalized spacial score (nSPS) is 10.7. The summed E-state index contributed by atoms with van der Waals surface area (Å²) < 4.78 is 3.43. The van der Waals surface area contributed by atoms with Crippen molar-refractivity contribution in [1.29, 1.82) is 0 Å². The quantitative estimate of drug-likeness (QED) is 0.577. The van der Waals surface area contributed by atoms with E-state index in [2.05, 4.69) is 15.5 Å². The molecule has 134 valence electrons.